The lowest BCUT2D eigenvalue weighted by Gasteiger charge is -2.38. The van der Waals surface area contributed by atoms with Crippen LogP contribution in [0.2, 0.25) is 10.0 Å². The van der Waals surface area contributed by atoms with Crippen molar-refractivity contribution in [1.82, 2.24) is 5.01 Å². The first-order chi connectivity index (χ1) is 14.0. The van der Waals surface area contributed by atoms with E-state index >= 15 is 0 Å². The van der Waals surface area contributed by atoms with Crippen molar-refractivity contribution >= 4 is 60.8 Å². The summed E-state index contributed by atoms with van der Waals surface area (Å²) in [5, 5.41) is 8.42. The highest BCUT2D eigenvalue weighted by Gasteiger charge is 2.41. The fourth-order valence-corrected chi connectivity index (χ4v) is 5.38. The Kier molecular flexibility index (Phi) is 5.11. The molecule has 3 aromatic carbocycles. The minimum absolute atomic E-state index is 0.0684. The summed E-state index contributed by atoms with van der Waals surface area (Å²) in [6, 6.07) is 19.7. The Morgan fingerprint density at radius 2 is 1.59 bits per heavy atom. The number of halogens is 4. The van der Waals surface area contributed by atoms with E-state index < -0.39 is 0 Å². The summed E-state index contributed by atoms with van der Waals surface area (Å²) < 4.78 is 8.36. The maximum absolute atomic E-state index is 6.45. The van der Waals surface area contributed by atoms with Gasteiger partial charge in [-0.1, -0.05) is 63.4 Å². The first-order valence-corrected chi connectivity index (χ1v) is 11.4. The third-order valence-electron chi connectivity index (χ3n) is 5.14. The van der Waals surface area contributed by atoms with E-state index in [1.54, 1.807) is 0 Å². The van der Waals surface area contributed by atoms with Crippen LogP contribution < -0.4 is 4.74 Å². The topological polar surface area (TPSA) is 24.8 Å². The molecular formula is C22H14Br2Cl2N2O. The first kappa shape index (κ1) is 19.4. The van der Waals surface area contributed by atoms with Gasteiger partial charge >= 0.3 is 0 Å². The van der Waals surface area contributed by atoms with Gasteiger partial charge in [-0.05, 0) is 57.9 Å². The van der Waals surface area contributed by atoms with Crippen LogP contribution in [0, 0.1) is 0 Å². The quantitative estimate of drug-likeness (QED) is 0.324. The Balaban J connectivity index is 1.62. The fraction of sp³-hybridized carbons (Fsp3) is 0.136. The number of hydrogen-bond acceptors (Lipinski definition) is 3. The van der Waals surface area contributed by atoms with Crippen molar-refractivity contribution in [3.05, 3.63) is 96.3 Å². The second-order valence-corrected chi connectivity index (χ2v) is 9.62. The van der Waals surface area contributed by atoms with Crippen LogP contribution >= 0.6 is 55.1 Å². The van der Waals surface area contributed by atoms with E-state index in [1.807, 2.05) is 59.6 Å². The zero-order valence-electron chi connectivity index (χ0n) is 14.9. The third kappa shape index (κ3) is 3.59. The van der Waals surface area contributed by atoms with Crippen molar-refractivity contribution in [3.63, 3.8) is 0 Å². The molecule has 2 aliphatic rings. The minimum atomic E-state index is -0.341. The maximum Gasteiger partial charge on any atom is 0.213 e. The van der Waals surface area contributed by atoms with Gasteiger partial charge < -0.3 is 4.74 Å². The van der Waals surface area contributed by atoms with Gasteiger partial charge in [-0.25, -0.2) is 5.01 Å². The number of benzene rings is 3. The Morgan fingerprint density at radius 1 is 0.931 bits per heavy atom. The molecule has 0 bridgehead atoms. The Labute approximate surface area is 195 Å². The standard InChI is InChI=1S/C22H14Br2Cl2N2O/c23-14-9-17-20-11-19(12-1-5-15(25)6-2-12)27-28(20)22(29-21(17)18(24)10-14)13-3-7-16(26)8-4-13/h1-10,20,22H,11H2/t20-,22+/m0/s1. The molecule has 0 aromatic heterocycles. The fourth-order valence-electron chi connectivity index (χ4n) is 3.78. The molecule has 0 spiro atoms. The second-order valence-electron chi connectivity index (χ2n) is 6.98. The predicted octanol–water partition coefficient (Wildman–Crippen LogP) is 7.76. The largest absolute Gasteiger partial charge is 0.463 e. The van der Waals surface area contributed by atoms with E-state index in [9.17, 15) is 0 Å². The van der Waals surface area contributed by atoms with Crippen LogP contribution in [0.25, 0.3) is 0 Å². The van der Waals surface area contributed by atoms with Gasteiger partial charge in [0.2, 0.25) is 6.23 Å². The monoisotopic (exact) mass is 550 g/mol. The number of nitrogens with zero attached hydrogens (tertiary/aromatic N) is 2. The summed E-state index contributed by atoms with van der Waals surface area (Å²) in [6.45, 7) is 0. The van der Waals surface area contributed by atoms with Crippen LogP contribution in [-0.4, -0.2) is 10.7 Å². The van der Waals surface area contributed by atoms with Crippen molar-refractivity contribution in [2.45, 2.75) is 18.7 Å². The third-order valence-corrected chi connectivity index (χ3v) is 6.69. The summed E-state index contributed by atoms with van der Waals surface area (Å²) in [4.78, 5) is 0. The highest BCUT2D eigenvalue weighted by atomic mass is 79.9. The molecule has 2 atom stereocenters. The summed E-state index contributed by atoms with van der Waals surface area (Å²) >= 11 is 19.4. The smallest absolute Gasteiger partial charge is 0.213 e. The molecule has 0 amide bonds. The summed E-state index contributed by atoms with van der Waals surface area (Å²) in [6.07, 6.45) is 0.442. The van der Waals surface area contributed by atoms with Gasteiger partial charge in [0.25, 0.3) is 0 Å². The van der Waals surface area contributed by atoms with Crippen molar-refractivity contribution in [3.8, 4) is 5.75 Å². The van der Waals surface area contributed by atoms with Gasteiger partial charge in [0.15, 0.2) is 0 Å². The molecule has 0 saturated carbocycles. The molecule has 2 aliphatic heterocycles. The lowest BCUT2D eigenvalue weighted by Crippen LogP contribution is -2.33. The van der Waals surface area contributed by atoms with Crippen molar-refractivity contribution < 1.29 is 4.74 Å². The first-order valence-electron chi connectivity index (χ1n) is 9.02. The molecule has 3 nitrogen and oxygen atoms in total. The van der Waals surface area contributed by atoms with Crippen molar-refractivity contribution in [2.24, 2.45) is 5.10 Å². The molecule has 5 rings (SSSR count). The molecule has 0 saturated heterocycles. The highest BCUT2D eigenvalue weighted by Crippen LogP contribution is 2.50. The van der Waals surface area contributed by atoms with Crippen LogP contribution in [0.4, 0.5) is 0 Å². The van der Waals surface area contributed by atoms with E-state index in [-0.39, 0.29) is 12.3 Å². The number of hydrogen-bond donors (Lipinski definition) is 0. The van der Waals surface area contributed by atoms with E-state index in [0.29, 0.717) is 10.0 Å². The molecule has 29 heavy (non-hydrogen) atoms. The van der Waals surface area contributed by atoms with Crippen molar-refractivity contribution in [2.75, 3.05) is 0 Å². The highest BCUT2D eigenvalue weighted by molar-refractivity contribution is 9.11. The lowest BCUT2D eigenvalue weighted by atomic mass is 9.96. The number of hydrazone groups is 1. The summed E-state index contributed by atoms with van der Waals surface area (Å²) in [5.41, 5.74) is 4.18. The van der Waals surface area contributed by atoms with Crippen LogP contribution in [-0.2, 0) is 0 Å². The molecule has 2 heterocycles. The van der Waals surface area contributed by atoms with E-state index in [1.165, 1.54) is 0 Å². The van der Waals surface area contributed by atoms with Gasteiger partial charge in [0.05, 0.1) is 16.2 Å². The van der Waals surface area contributed by atoms with E-state index in [4.69, 9.17) is 33.0 Å². The summed E-state index contributed by atoms with van der Waals surface area (Å²) in [7, 11) is 0. The van der Waals surface area contributed by atoms with Crippen LogP contribution in [0.5, 0.6) is 5.75 Å². The SMILES string of the molecule is Clc1ccc(C2=NN3[C@@H](c4ccc(Cl)cc4)Oc4c(Br)cc(Br)cc4[C@@H]3C2)cc1. The molecule has 146 valence electrons. The van der Waals surface area contributed by atoms with Crippen LogP contribution in [0.1, 0.15) is 35.4 Å². The molecular weight excluding hydrogens is 539 g/mol. The second kappa shape index (κ2) is 7.62. The average Bonchev–Trinajstić information content (AvgIpc) is 3.14. The molecule has 0 unspecified atom stereocenters. The molecule has 0 fully saturated rings. The Hall–Kier alpha value is -1.53. The van der Waals surface area contributed by atoms with Gasteiger partial charge in [-0.3, -0.25) is 0 Å². The van der Waals surface area contributed by atoms with Crippen LogP contribution in [0.3, 0.4) is 0 Å². The lowest BCUT2D eigenvalue weighted by molar-refractivity contribution is -0.0197. The number of rotatable bonds is 2. The van der Waals surface area contributed by atoms with Crippen LogP contribution in [0.15, 0.2) is 74.7 Å². The Bertz CT molecular complexity index is 1120. The minimum Gasteiger partial charge on any atom is -0.463 e. The van der Waals surface area contributed by atoms with Gasteiger partial charge in [0, 0.05) is 32.1 Å². The van der Waals surface area contributed by atoms with Gasteiger partial charge in [-0.2, -0.15) is 5.10 Å². The van der Waals surface area contributed by atoms with Gasteiger partial charge in [-0.15, -0.1) is 0 Å². The average molecular weight is 553 g/mol. The Morgan fingerprint density at radius 3 is 2.28 bits per heavy atom. The zero-order chi connectivity index (χ0) is 20.1. The zero-order valence-corrected chi connectivity index (χ0v) is 19.6. The predicted molar refractivity (Wildman–Crippen MR) is 124 cm³/mol. The number of ether oxygens (including phenoxy) is 1. The van der Waals surface area contributed by atoms with E-state index in [2.05, 4.69) is 37.9 Å². The normalized spacial score (nSPS) is 20.0. The van der Waals surface area contributed by atoms with Crippen molar-refractivity contribution in [1.29, 1.82) is 0 Å². The molecule has 0 aliphatic carbocycles. The van der Waals surface area contributed by atoms with E-state index in [0.717, 1.165) is 43.5 Å². The molecule has 0 radical (unpaired) electrons. The molecule has 3 aromatic rings. The molecule has 7 heteroatoms. The summed E-state index contributed by atoms with van der Waals surface area (Å²) in [5.74, 6) is 0.849. The van der Waals surface area contributed by atoms with Gasteiger partial charge in [0.1, 0.15) is 5.75 Å². The maximum atomic E-state index is 6.45. The number of fused-ring (bicyclic) bond motifs is 3. The molecule has 0 N–H and O–H groups in total.